The number of rotatable bonds is 2. The van der Waals surface area contributed by atoms with Gasteiger partial charge in [-0.1, -0.05) is 60.7 Å². The molecule has 1 aromatic rings. The maximum Gasteiger partial charge on any atom is 0.0348 e. The zero-order valence-electron chi connectivity index (χ0n) is 13.3. The van der Waals surface area contributed by atoms with Crippen molar-refractivity contribution >= 4 is 11.1 Å². The fourth-order valence-corrected chi connectivity index (χ4v) is 2.88. The Hall–Kier alpha value is -1.90. The summed E-state index contributed by atoms with van der Waals surface area (Å²) >= 11 is 0. The van der Waals surface area contributed by atoms with Crippen molar-refractivity contribution < 1.29 is 0 Å². The molecule has 0 spiro atoms. The van der Waals surface area contributed by atoms with Crippen LogP contribution in [0.5, 0.6) is 0 Å². The Labute approximate surface area is 132 Å². The Bertz CT molecular complexity index is 639. The molecular formula is C20H24N2. The minimum Gasteiger partial charge on any atom is -0.322 e. The van der Waals surface area contributed by atoms with Gasteiger partial charge in [0.15, 0.2) is 0 Å². The maximum absolute atomic E-state index is 6.16. The van der Waals surface area contributed by atoms with Crippen LogP contribution in [0.3, 0.4) is 0 Å². The van der Waals surface area contributed by atoms with Gasteiger partial charge in [0.05, 0.1) is 0 Å². The molecule has 0 fully saturated rings. The smallest absolute Gasteiger partial charge is 0.0348 e. The molecule has 3 rings (SSSR count). The summed E-state index contributed by atoms with van der Waals surface area (Å²) in [6.07, 6.45) is 14.7. The zero-order chi connectivity index (χ0) is 15.8. The molecule has 0 saturated carbocycles. The van der Waals surface area contributed by atoms with Crippen LogP contribution in [0.25, 0.3) is 11.1 Å². The predicted octanol–water partition coefficient (Wildman–Crippen LogP) is 3.81. The van der Waals surface area contributed by atoms with Crippen molar-refractivity contribution in [2.75, 3.05) is 0 Å². The second-order valence-corrected chi connectivity index (χ2v) is 6.95. The lowest BCUT2D eigenvalue weighted by Crippen LogP contribution is -2.34. The highest BCUT2D eigenvalue weighted by Crippen LogP contribution is 2.33. The van der Waals surface area contributed by atoms with E-state index in [1.165, 1.54) is 22.3 Å². The normalized spacial score (nSPS) is 30.9. The molecule has 0 radical (unpaired) electrons. The standard InChI is InChI=1S/C20H24N2/c1-19(21)11-7-15(8-12-19)17-5-3-4-6-18(17)16-9-13-20(2,22)14-10-16/h3-11,13H,12,14,21-22H2,1-2H3. The van der Waals surface area contributed by atoms with Crippen molar-refractivity contribution in [2.45, 2.75) is 37.8 Å². The molecule has 2 heteroatoms. The molecule has 2 atom stereocenters. The SMILES string of the molecule is CC1(N)C=CC(c2ccccc2C2=CCC(C)(N)C=C2)=CC1. The van der Waals surface area contributed by atoms with Gasteiger partial charge in [-0.2, -0.15) is 0 Å². The van der Waals surface area contributed by atoms with Crippen LogP contribution in [0.2, 0.25) is 0 Å². The molecule has 0 amide bonds. The first kappa shape index (κ1) is 15.0. The number of benzene rings is 1. The molecule has 114 valence electrons. The number of hydrogen-bond acceptors (Lipinski definition) is 2. The topological polar surface area (TPSA) is 52.0 Å². The van der Waals surface area contributed by atoms with E-state index in [0.717, 1.165) is 12.8 Å². The van der Waals surface area contributed by atoms with E-state index in [9.17, 15) is 0 Å². The van der Waals surface area contributed by atoms with E-state index in [1.807, 2.05) is 0 Å². The van der Waals surface area contributed by atoms with Gasteiger partial charge in [-0.25, -0.2) is 0 Å². The number of allylic oxidation sites excluding steroid dienone is 4. The van der Waals surface area contributed by atoms with E-state index in [-0.39, 0.29) is 11.1 Å². The van der Waals surface area contributed by atoms with E-state index in [0.29, 0.717) is 0 Å². The Morgan fingerprint density at radius 3 is 1.50 bits per heavy atom. The molecule has 0 aliphatic heterocycles. The van der Waals surface area contributed by atoms with Gasteiger partial charge in [-0.3, -0.25) is 0 Å². The van der Waals surface area contributed by atoms with Crippen LogP contribution in [-0.2, 0) is 0 Å². The summed E-state index contributed by atoms with van der Waals surface area (Å²) in [7, 11) is 0. The Balaban J connectivity index is 1.96. The van der Waals surface area contributed by atoms with E-state index < -0.39 is 0 Å². The van der Waals surface area contributed by atoms with Crippen LogP contribution < -0.4 is 11.5 Å². The summed E-state index contributed by atoms with van der Waals surface area (Å²) in [5.41, 5.74) is 16.9. The van der Waals surface area contributed by atoms with Gasteiger partial charge in [0.25, 0.3) is 0 Å². The highest BCUT2D eigenvalue weighted by atomic mass is 14.7. The summed E-state index contributed by atoms with van der Waals surface area (Å²) in [5.74, 6) is 0. The average Bonchev–Trinajstić information content (AvgIpc) is 2.47. The van der Waals surface area contributed by atoms with Gasteiger partial charge in [0.2, 0.25) is 0 Å². The van der Waals surface area contributed by atoms with E-state index in [2.05, 4.69) is 74.6 Å². The Kier molecular flexibility index (Phi) is 3.67. The number of hydrogen-bond donors (Lipinski definition) is 2. The summed E-state index contributed by atoms with van der Waals surface area (Å²) in [6.45, 7) is 4.11. The number of nitrogens with two attached hydrogens (primary N) is 2. The first-order chi connectivity index (χ1) is 10.4. The van der Waals surface area contributed by atoms with Gasteiger partial charge >= 0.3 is 0 Å². The van der Waals surface area contributed by atoms with Crippen molar-refractivity contribution in [3.63, 3.8) is 0 Å². The van der Waals surface area contributed by atoms with Crippen LogP contribution in [-0.4, -0.2) is 11.1 Å². The fraction of sp³-hybridized carbons (Fsp3) is 0.300. The van der Waals surface area contributed by atoms with Crippen LogP contribution in [0, 0.1) is 0 Å². The minimum atomic E-state index is -0.232. The summed E-state index contributed by atoms with van der Waals surface area (Å²) in [6, 6.07) is 8.53. The van der Waals surface area contributed by atoms with Crippen molar-refractivity contribution in [3.05, 3.63) is 71.8 Å². The predicted molar refractivity (Wildman–Crippen MR) is 95.1 cm³/mol. The summed E-state index contributed by atoms with van der Waals surface area (Å²) in [4.78, 5) is 0. The molecule has 0 heterocycles. The summed E-state index contributed by atoms with van der Waals surface area (Å²) < 4.78 is 0. The first-order valence-corrected chi connectivity index (χ1v) is 7.83. The third-order valence-electron chi connectivity index (χ3n) is 4.36. The van der Waals surface area contributed by atoms with Crippen molar-refractivity contribution in [1.29, 1.82) is 0 Å². The molecule has 2 aliphatic rings. The average molecular weight is 292 g/mol. The van der Waals surface area contributed by atoms with Crippen LogP contribution >= 0.6 is 0 Å². The van der Waals surface area contributed by atoms with Gasteiger partial charge in [0.1, 0.15) is 0 Å². The Morgan fingerprint density at radius 2 is 1.18 bits per heavy atom. The first-order valence-electron chi connectivity index (χ1n) is 7.83. The third-order valence-corrected chi connectivity index (χ3v) is 4.36. The lowest BCUT2D eigenvalue weighted by Gasteiger charge is -2.25. The van der Waals surface area contributed by atoms with Gasteiger partial charge in [-0.05, 0) is 49.0 Å². The van der Waals surface area contributed by atoms with Crippen molar-refractivity contribution in [1.82, 2.24) is 0 Å². The monoisotopic (exact) mass is 292 g/mol. The van der Waals surface area contributed by atoms with Crippen LogP contribution in [0.4, 0.5) is 0 Å². The molecule has 0 bridgehead atoms. The molecule has 0 aromatic heterocycles. The highest BCUT2D eigenvalue weighted by molar-refractivity contribution is 5.87. The van der Waals surface area contributed by atoms with Gasteiger partial charge in [-0.15, -0.1) is 0 Å². The maximum atomic E-state index is 6.16. The molecule has 2 unspecified atom stereocenters. The fourth-order valence-electron chi connectivity index (χ4n) is 2.88. The lowest BCUT2D eigenvalue weighted by molar-refractivity contribution is 0.590. The van der Waals surface area contributed by atoms with E-state index in [4.69, 9.17) is 11.5 Å². The Morgan fingerprint density at radius 1 is 0.773 bits per heavy atom. The molecule has 1 aromatic carbocycles. The van der Waals surface area contributed by atoms with Gasteiger partial charge in [0, 0.05) is 11.1 Å². The lowest BCUT2D eigenvalue weighted by atomic mass is 9.84. The quantitative estimate of drug-likeness (QED) is 0.871. The summed E-state index contributed by atoms with van der Waals surface area (Å²) in [5, 5.41) is 0. The van der Waals surface area contributed by atoms with Crippen LogP contribution in [0.1, 0.15) is 37.8 Å². The van der Waals surface area contributed by atoms with Crippen molar-refractivity contribution in [3.8, 4) is 0 Å². The van der Waals surface area contributed by atoms with E-state index >= 15 is 0 Å². The molecule has 4 N–H and O–H groups in total. The molecule has 2 nitrogen and oxygen atoms in total. The minimum absolute atomic E-state index is 0.232. The molecule has 0 saturated heterocycles. The zero-order valence-corrected chi connectivity index (χ0v) is 13.3. The molecule has 2 aliphatic carbocycles. The third kappa shape index (κ3) is 3.13. The van der Waals surface area contributed by atoms with Gasteiger partial charge < -0.3 is 11.5 Å². The molecular weight excluding hydrogens is 268 g/mol. The molecule has 22 heavy (non-hydrogen) atoms. The second kappa shape index (κ2) is 5.38. The van der Waals surface area contributed by atoms with E-state index in [1.54, 1.807) is 0 Å². The largest absolute Gasteiger partial charge is 0.322 e. The second-order valence-electron chi connectivity index (χ2n) is 6.95. The van der Waals surface area contributed by atoms with Crippen molar-refractivity contribution in [2.24, 2.45) is 11.5 Å². The van der Waals surface area contributed by atoms with Crippen LogP contribution in [0.15, 0.2) is 60.7 Å². The highest BCUT2D eigenvalue weighted by Gasteiger charge is 2.20.